The molecule has 0 saturated carbocycles. The molecule has 1 aromatic carbocycles. The Kier molecular flexibility index (Phi) is 3.12. The SMILES string of the molecule is Cc1cc(Cl)cc(Cl)c1S(N)=O. The second-order valence-electron chi connectivity index (χ2n) is 2.33. The van der Waals surface area contributed by atoms with Gasteiger partial charge in [-0.2, -0.15) is 0 Å². The Morgan fingerprint density at radius 2 is 2.00 bits per heavy atom. The first-order valence-corrected chi connectivity index (χ1v) is 5.11. The first-order chi connectivity index (χ1) is 5.52. The standard InChI is InChI=1S/C7H7Cl2NOS/c1-4-2-5(8)3-6(9)7(4)12(10)11/h2-3H,10H2,1H3. The Labute approximate surface area is 83.3 Å². The molecule has 0 heterocycles. The average Bonchev–Trinajstić information content (AvgIpc) is 1.82. The van der Waals surface area contributed by atoms with Gasteiger partial charge < -0.3 is 0 Å². The van der Waals surface area contributed by atoms with Crippen LogP contribution < -0.4 is 5.14 Å². The normalized spacial score (nSPS) is 13.0. The molecule has 0 spiro atoms. The zero-order chi connectivity index (χ0) is 9.30. The Morgan fingerprint density at radius 1 is 1.42 bits per heavy atom. The van der Waals surface area contributed by atoms with Gasteiger partial charge >= 0.3 is 0 Å². The number of rotatable bonds is 1. The van der Waals surface area contributed by atoms with E-state index in [2.05, 4.69) is 0 Å². The van der Waals surface area contributed by atoms with Crippen molar-refractivity contribution < 1.29 is 4.21 Å². The highest BCUT2D eigenvalue weighted by Gasteiger charge is 2.09. The van der Waals surface area contributed by atoms with E-state index in [9.17, 15) is 4.21 Å². The van der Waals surface area contributed by atoms with Crippen molar-refractivity contribution >= 4 is 34.2 Å². The van der Waals surface area contributed by atoms with Crippen LogP contribution >= 0.6 is 23.2 Å². The third-order valence-corrected chi connectivity index (χ3v) is 2.97. The van der Waals surface area contributed by atoms with Crippen LogP contribution in [0.15, 0.2) is 17.0 Å². The summed E-state index contributed by atoms with van der Waals surface area (Å²) in [4.78, 5) is 0.445. The van der Waals surface area contributed by atoms with E-state index in [4.69, 9.17) is 28.3 Å². The predicted octanol–water partition coefficient (Wildman–Crippen LogP) is 2.28. The first kappa shape index (κ1) is 9.99. The molecule has 0 aromatic heterocycles. The topological polar surface area (TPSA) is 43.1 Å². The van der Waals surface area contributed by atoms with Gasteiger partial charge in [0, 0.05) is 5.02 Å². The minimum atomic E-state index is -1.55. The molecule has 1 rings (SSSR count). The molecule has 12 heavy (non-hydrogen) atoms. The minimum absolute atomic E-state index is 0.348. The number of hydrogen-bond donors (Lipinski definition) is 1. The van der Waals surface area contributed by atoms with Gasteiger partial charge in [-0.3, -0.25) is 0 Å². The predicted molar refractivity (Wildman–Crippen MR) is 51.8 cm³/mol. The number of aryl methyl sites for hydroxylation is 1. The summed E-state index contributed by atoms with van der Waals surface area (Å²) in [5, 5.41) is 6.08. The molecule has 0 radical (unpaired) electrons. The zero-order valence-electron chi connectivity index (χ0n) is 6.30. The van der Waals surface area contributed by atoms with Crippen molar-refractivity contribution in [1.29, 1.82) is 0 Å². The molecular formula is C7H7Cl2NOS. The van der Waals surface area contributed by atoms with Crippen molar-refractivity contribution in [3.05, 3.63) is 27.7 Å². The lowest BCUT2D eigenvalue weighted by molar-refractivity contribution is 0.684. The van der Waals surface area contributed by atoms with Crippen LogP contribution in [0.2, 0.25) is 10.0 Å². The van der Waals surface area contributed by atoms with Gasteiger partial charge in [0.2, 0.25) is 0 Å². The molecule has 1 aromatic rings. The lowest BCUT2D eigenvalue weighted by atomic mass is 10.2. The summed E-state index contributed by atoms with van der Waals surface area (Å²) < 4.78 is 11.0. The van der Waals surface area contributed by atoms with Crippen molar-refractivity contribution in [2.24, 2.45) is 5.14 Å². The molecule has 1 atom stereocenters. The summed E-state index contributed by atoms with van der Waals surface area (Å²) in [7, 11) is -1.55. The number of halogens is 2. The molecule has 0 aliphatic rings. The van der Waals surface area contributed by atoms with Crippen LogP contribution in [0.1, 0.15) is 5.56 Å². The number of benzene rings is 1. The van der Waals surface area contributed by atoms with E-state index in [0.29, 0.717) is 14.9 Å². The highest BCUT2D eigenvalue weighted by Crippen LogP contribution is 2.26. The highest BCUT2D eigenvalue weighted by molar-refractivity contribution is 7.82. The maximum atomic E-state index is 11.0. The third kappa shape index (κ3) is 1.98. The van der Waals surface area contributed by atoms with E-state index in [0.717, 1.165) is 5.56 Å². The average molecular weight is 224 g/mol. The maximum absolute atomic E-state index is 11.0. The minimum Gasteiger partial charge on any atom is -0.248 e. The van der Waals surface area contributed by atoms with E-state index < -0.39 is 11.0 Å². The molecule has 0 bridgehead atoms. The Bertz CT molecular complexity index is 317. The van der Waals surface area contributed by atoms with Crippen molar-refractivity contribution in [2.75, 3.05) is 0 Å². The molecule has 1 unspecified atom stereocenters. The van der Waals surface area contributed by atoms with E-state index in [1.165, 1.54) is 6.07 Å². The van der Waals surface area contributed by atoms with Gasteiger partial charge in [0.25, 0.3) is 0 Å². The molecule has 0 aliphatic carbocycles. The zero-order valence-corrected chi connectivity index (χ0v) is 8.63. The molecule has 0 amide bonds. The van der Waals surface area contributed by atoms with Gasteiger partial charge in [-0.15, -0.1) is 0 Å². The largest absolute Gasteiger partial charge is 0.248 e. The monoisotopic (exact) mass is 223 g/mol. The summed E-state index contributed by atoms with van der Waals surface area (Å²) in [6, 6.07) is 3.20. The summed E-state index contributed by atoms with van der Waals surface area (Å²) >= 11 is 11.5. The van der Waals surface area contributed by atoms with Crippen LogP contribution in [0.25, 0.3) is 0 Å². The Hall–Kier alpha value is -0.0900. The van der Waals surface area contributed by atoms with Crippen molar-refractivity contribution in [2.45, 2.75) is 11.8 Å². The quantitative estimate of drug-likeness (QED) is 0.781. The van der Waals surface area contributed by atoms with E-state index in [1.807, 2.05) is 0 Å². The Balaban J connectivity index is 3.38. The van der Waals surface area contributed by atoms with E-state index >= 15 is 0 Å². The molecular weight excluding hydrogens is 217 g/mol. The van der Waals surface area contributed by atoms with Gasteiger partial charge in [0.1, 0.15) is 11.0 Å². The van der Waals surface area contributed by atoms with Crippen LogP contribution in [0.4, 0.5) is 0 Å². The van der Waals surface area contributed by atoms with Crippen LogP contribution in [0, 0.1) is 6.92 Å². The van der Waals surface area contributed by atoms with Crippen molar-refractivity contribution in [3.63, 3.8) is 0 Å². The second-order valence-corrected chi connectivity index (χ2v) is 4.18. The van der Waals surface area contributed by atoms with Crippen LogP contribution in [-0.4, -0.2) is 4.21 Å². The highest BCUT2D eigenvalue weighted by atomic mass is 35.5. The number of hydrogen-bond acceptors (Lipinski definition) is 1. The van der Waals surface area contributed by atoms with Gasteiger partial charge in [-0.25, -0.2) is 9.35 Å². The summed E-state index contributed by atoms with van der Waals surface area (Å²) in [6.45, 7) is 1.76. The number of nitrogens with two attached hydrogens (primary N) is 1. The second kappa shape index (κ2) is 3.75. The molecule has 2 N–H and O–H groups in total. The van der Waals surface area contributed by atoms with Crippen molar-refractivity contribution in [3.8, 4) is 0 Å². The molecule has 5 heteroatoms. The fourth-order valence-electron chi connectivity index (χ4n) is 0.944. The van der Waals surface area contributed by atoms with Gasteiger partial charge in [0.05, 0.1) is 9.92 Å². The summed E-state index contributed by atoms with van der Waals surface area (Å²) in [5.74, 6) is 0. The van der Waals surface area contributed by atoms with E-state index in [1.54, 1.807) is 13.0 Å². The fourth-order valence-corrected chi connectivity index (χ4v) is 2.39. The van der Waals surface area contributed by atoms with Crippen LogP contribution in [0.3, 0.4) is 0 Å². The molecule has 0 fully saturated rings. The molecule has 0 saturated heterocycles. The van der Waals surface area contributed by atoms with Crippen molar-refractivity contribution in [1.82, 2.24) is 0 Å². The Morgan fingerprint density at radius 3 is 2.42 bits per heavy atom. The van der Waals surface area contributed by atoms with Gasteiger partial charge in [-0.05, 0) is 24.6 Å². The van der Waals surface area contributed by atoms with Crippen LogP contribution in [-0.2, 0) is 11.0 Å². The van der Waals surface area contributed by atoms with E-state index in [-0.39, 0.29) is 0 Å². The molecule has 2 nitrogen and oxygen atoms in total. The lowest BCUT2D eigenvalue weighted by Crippen LogP contribution is -2.05. The summed E-state index contributed by atoms with van der Waals surface area (Å²) in [6.07, 6.45) is 0. The molecule has 66 valence electrons. The maximum Gasteiger partial charge on any atom is 0.123 e. The van der Waals surface area contributed by atoms with Gasteiger partial charge in [0.15, 0.2) is 0 Å². The smallest absolute Gasteiger partial charge is 0.123 e. The lowest BCUT2D eigenvalue weighted by Gasteiger charge is -2.04. The van der Waals surface area contributed by atoms with Crippen LogP contribution in [0.5, 0.6) is 0 Å². The third-order valence-electron chi connectivity index (χ3n) is 1.40. The summed E-state index contributed by atoms with van der Waals surface area (Å²) in [5.41, 5.74) is 0.744. The first-order valence-electron chi connectivity index (χ1n) is 3.14. The molecule has 0 aliphatic heterocycles. The fraction of sp³-hybridized carbons (Fsp3) is 0.143. The van der Waals surface area contributed by atoms with Gasteiger partial charge in [-0.1, -0.05) is 23.2 Å².